The van der Waals surface area contributed by atoms with Crippen LogP contribution in [0.25, 0.3) is 0 Å². The maximum atomic E-state index is 12.3. The fourth-order valence-corrected chi connectivity index (χ4v) is 2.97. The van der Waals surface area contributed by atoms with Crippen LogP contribution >= 0.6 is 23.2 Å². The molecule has 1 heterocycles. The molecule has 0 aromatic heterocycles. The lowest BCUT2D eigenvalue weighted by atomic mass is 10.2. The highest BCUT2D eigenvalue weighted by atomic mass is 35.5. The van der Waals surface area contributed by atoms with Crippen molar-refractivity contribution < 1.29 is 14.3 Å². The largest absolute Gasteiger partial charge is 0.466 e. The van der Waals surface area contributed by atoms with Crippen molar-refractivity contribution in [2.45, 2.75) is 25.4 Å². The number of carbonyl (C=O) groups excluding carboxylic acids is 2. The molecule has 0 bridgehead atoms. The molecule has 7 heteroatoms. The Morgan fingerprint density at radius 1 is 1.43 bits per heavy atom. The maximum Gasteiger partial charge on any atom is 0.332 e. The van der Waals surface area contributed by atoms with E-state index in [0.29, 0.717) is 29.4 Å². The summed E-state index contributed by atoms with van der Waals surface area (Å²) in [4.78, 5) is 25.5. The molecule has 1 aliphatic rings. The molecule has 124 valence electrons. The molecule has 1 aromatic rings. The summed E-state index contributed by atoms with van der Waals surface area (Å²) in [6.45, 7) is 0.329. The molecule has 2 rings (SSSR count). The van der Waals surface area contributed by atoms with Crippen molar-refractivity contribution >= 4 is 35.1 Å². The molecule has 0 saturated carbocycles. The first kappa shape index (κ1) is 17.6. The minimum Gasteiger partial charge on any atom is -0.466 e. The van der Waals surface area contributed by atoms with Crippen molar-refractivity contribution in [2.75, 3.05) is 14.2 Å². The van der Waals surface area contributed by atoms with Crippen LogP contribution in [0.15, 0.2) is 30.0 Å². The fraction of sp³-hybridized carbons (Fsp3) is 0.375. The van der Waals surface area contributed by atoms with Gasteiger partial charge in [-0.1, -0.05) is 29.3 Å². The molecule has 1 atom stereocenters. The van der Waals surface area contributed by atoms with Gasteiger partial charge in [0.1, 0.15) is 6.04 Å². The van der Waals surface area contributed by atoms with E-state index in [4.69, 9.17) is 23.2 Å². The molecule has 1 aromatic carbocycles. The number of amides is 1. The lowest BCUT2D eigenvalue weighted by Crippen LogP contribution is -2.40. The summed E-state index contributed by atoms with van der Waals surface area (Å²) in [6.07, 6.45) is 2.73. The Morgan fingerprint density at radius 3 is 2.83 bits per heavy atom. The molecule has 1 unspecified atom stereocenters. The van der Waals surface area contributed by atoms with Gasteiger partial charge in [-0.05, 0) is 30.5 Å². The number of carbonyl (C=O) groups is 2. The second-order valence-corrected chi connectivity index (χ2v) is 6.12. The van der Waals surface area contributed by atoms with Gasteiger partial charge in [-0.2, -0.15) is 0 Å². The van der Waals surface area contributed by atoms with Crippen LogP contribution in [0.4, 0.5) is 0 Å². The number of likely N-dealkylation sites (tertiary alicyclic amines) is 1. The number of nitrogens with zero attached hydrogens (tertiary/aromatic N) is 1. The van der Waals surface area contributed by atoms with Gasteiger partial charge < -0.3 is 15.0 Å². The van der Waals surface area contributed by atoms with Gasteiger partial charge in [-0.15, -0.1) is 0 Å². The zero-order chi connectivity index (χ0) is 17.0. The second-order valence-electron chi connectivity index (χ2n) is 5.28. The van der Waals surface area contributed by atoms with E-state index in [-0.39, 0.29) is 11.9 Å². The summed E-state index contributed by atoms with van der Waals surface area (Å²) < 4.78 is 4.62. The van der Waals surface area contributed by atoms with Gasteiger partial charge in [0, 0.05) is 35.4 Å². The van der Waals surface area contributed by atoms with E-state index in [9.17, 15) is 9.59 Å². The van der Waals surface area contributed by atoms with Gasteiger partial charge >= 0.3 is 5.97 Å². The number of nitrogens with one attached hydrogen (secondary N) is 1. The molecular formula is C16H18Cl2N2O3. The third-order valence-electron chi connectivity index (χ3n) is 3.85. The van der Waals surface area contributed by atoms with Crippen LogP contribution in [-0.2, 0) is 20.9 Å². The molecule has 1 amide bonds. The molecule has 23 heavy (non-hydrogen) atoms. The first-order valence-corrected chi connectivity index (χ1v) is 7.91. The summed E-state index contributed by atoms with van der Waals surface area (Å²) in [5.41, 5.74) is 1.59. The van der Waals surface area contributed by atoms with E-state index < -0.39 is 5.97 Å². The van der Waals surface area contributed by atoms with Crippen molar-refractivity contribution in [3.8, 4) is 0 Å². The van der Waals surface area contributed by atoms with E-state index in [1.165, 1.54) is 13.2 Å². The molecular weight excluding hydrogens is 339 g/mol. The number of methoxy groups -OCH3 is 1. The Balaban J connectivity index is 1.96. The van der Waals surface area contributed by atoms with Crippen molar-refractivity contribution in [3.63, 3.8) is 0 Å². The van der Waals surface area contributed by atoms with Crippen LogP contribution in [-0.4, -0.2) is 37.0 Å². The third-order valence-corrected chi connectivity index (χ3v) is 4.44. The lowest BCUT2D eigenvalue weighted by molar-refractivity contribution is -0.135. The molecule has 1 aliphatic heterocycles. The Bertz CT molecular complexity index is 646. The Morgan fingerprint density at radius 2 is 2.17 bits per heavy atom. The highest BCUT2D eigenvalue weighted by molar-refractivity contribution is 6.35. The van der Waals surface area contributed by atoms with Gasteiger partial charge in [0.15, 0.2) is 0 Å². The molecule has 1 N–H and O–H groups in total. The average Bonchev–Trinajstić information content (AvgIpc) is 2.87. The summed E-state index contributed by atoms with van der Waals surface area (Å²) in [5, 5.41) is 3.94. The number of hydrogen-bond acceptors (Lipinski definition) is 4. The number of allylic oxidation sites excluding steroid dienone is 1. The number of halogens is 2. The molecule has 5 nitrogen and oxygen atoms in total. The summed E-state index contributed by atoms with van der Waals surface area (Å²) in [6, 6.07) is 4.85. The fourth-order valence-electron chi connectivity index (χ4n) is 2.50. The number of esters is 1. The topological polar surface area (TPSA) is 58.6 Å². The van der Waals surface area contributed by atoms with Crippen LogP contribution in [0, 0.1) is 0 Å². The van der Waals surface area contributed by atoms with Crippen LogP contribution in [0.2, 0.25) is 10.0 Å². The van der Waals surface area contributed by atoms with E-state index in [1.807, 2.05) is 0 Å². The summed E-state index contributed by atoms with van der Waals surface area (Å²) >= 11 is 11.9. The number of hydrogen-bond donors (Lipinski definition) is 1. The molecule has 1 fully saturated rings. The quantitative estimate of drug-likeness (QED) is 0.665. The number of rotatable bonds is 4. The lowest BCUT2D eigenvalue weighted by Gasteiger charge is -2.22. The third kappa shape index (κ3) is 4.39. The smallest absolute Gasteiger partial charge is 0.332 e. The predicted molar refractivity (Wildman–Crippen MR) is 89.2 cm³/mol. The van der Waals surface area contributed by atoms with Crippen LogP contribution in [0.5, 0.6) is 0 Å². The first-order chi connectivity index (χ1) is 10.9. The monoisotopic (exact) mass is 356 g/mol. The van der Waals surface area contributed by atoms with E-state index in [2.05, 4.69) is 10.1 Å². The van der Waals surface area contributed by atoms with E-state index in [1.54, 1.807) is 30.1 Å². The number of benzene rings is 1. The second kappa shape index (κ2) is 7.70. The number of ether oxygens (including phenoxy) is 1. The number of likely N-dealkylation sites (N-methyl/N-ethyl adjacent to an activating group) is 1. The van der Waals surface area contributed by atoms with Gasteiger partial charge in [-0.3, -0.25) is 4.79 Å². The Hall–Kier alpha value is -1.72. The van der Waals surface area contributed by atoms with E-state index >= 15 is 0 Å². The van der Waals surface area contributed by atoms with Crippen LogP contribution in [0.1, 0.15) is 18.4 Å². The predicted octanol–water partition coefficient (Wildman–Crippen LogP) is 2.76. The minimum absolute atomic E-state index is 0.105. The standard InChI is InChI=1S/C16H18Cl2N2O3/c1-20-12(8-15(21)23-2)5-6-14(20)16(22)19-9-10-3-4-11(17)7-13(10)18/h3-4,7-8,14H,5-6,9H2,1-2H3,(H,19,22)/b12-8+. The van der Waals surface area contributed by atoms with Crippen molar-refractivity contribution in [2.24, 2.45) is 0 Å². The van der Waals surface area contributed by atoms with Crippen LogP contribution in [0.3, 0.4) is 0 Å². The van der Waals surface area contributed by atoms with Crippen molar-refractivity contribution in [1.29, 1.82) is 0 Å². The molecule has 1 saturated heterocycles. The Labute approximate surface area is 145 Å². The first-order valence-electron chi connectivity index (χ1n) is 7.15. The zero-order valence-corrected chi connectivity index (χ0v) is 14.4. The van der Waals surface area contributed by atoms with Crippen LogP contribution < -0.4 is 5.32 Å². The van der Waals surface area contributed by atoms with Gasteiger partial charge in [0.05, 0.1) is 7.11 Å². The summed E-state index contributed by atoms with van der Waals surface area (Å²) in [7, 11) is 3.12. The summed E-state index contributed by atoms with van der Waals surface area (Å²) in [5.74, 6) is -0.521. The minimum atomic E-state index is -0.416. The van der Waals surface area contributed by atoms with Crippen molar-refractivity contribution in [3.05, 3.63) is 45.6 Å². The molecule has 0 aliphatic carbocycles. The SMILES string of the molecule is COC(=O)/C=C1\CCC(C(=O)NCc2ccc(Cl)cc2Cl)N1C. The average molecular weight is 357 g/mol. The van der Waals surface area contributed by atoms with Gasteiger partial charge in [0.2, 0.25) is 5.91 Å². The maximum absolute atomic E-state index is 12.3. The molecule has 0 spiro atoms. The zero-order valence-electron chi connectivity index (χ0n) is 12.9. The normalized spacial score (nSPS) is 19.0. The van der Waals surface area contributed by atoms with E-state index in [0.717, 1.165) is 11.3 Å². The van der Waals surface area contributed by atoms with Crippen molar-refractivity contribution in [1.82, 2.24) is 10.2 Å². The van der Waals surface area contributed by atoms with Gasteiger partial charge in [0.25, 0.3) is 0 Å². The van der Waals surface area contributed by atoms with Gasteiger partial charge in [-0.25, -0.2) is 4.79 Å². The Kier molecular flexibility index (Phi) is 5.91. The highest BCUT2D eigenvalue weighted by Gasteiger charge is 2.31. The molecule has 0 radical (unpaired) electrons. The highest BCUT2D eigenvalue weighted by Crippen LogP contribution is 2.26.